The maximum Gasteiger partial charge on any atom is 0.416 e. The SMILES string of the molecule is CCCCCCC(=O)N1CCN(C(=O)OCc2ccc(C(F)(F)F)cc2)CC1. The maximum atomic E-state index is 12.5. The lowest BCUT2D eigenvalue weighted by Gasteiger charge is -2.34. The number of rotatable bonds is 7. The number of piperazine rings is 1. The molecule has 1 fully saturated rings. The Labute approximate surface area is 163 Å². The van der Waals surface area contributed by atoms with Crippen molar-refractivity contribution in [3.05, 3.63) is 35.4 Å². The van der Waals surface area contributed by atoms with E-state index in [4.69, 9.17) is 4.74 Å². The zero-order chi connectivity index (χ0) is 20.6. The standard InChI is InChI=1S/C20H27F3N2O3/c1-2-3-4-5-6-18(26)24-11-13-25(14-12-24)19(27)28-15-16-7-9-17(10-8-16)20(21,22)23/h7-10H,2-6,11-15H2,1H3. The van der Waals surface area contributed by atoms with E-state index < -0.39 is 17.8 Å². The van der Waals surface area contributed by atoms with Gasteiger partial charge in [-0.2, -0.15) is 13.2 Å². The van der Waals surface area contributed by atoms with Crippen LogP contribution in [0, 0.1) is 0 Å². The van der Waals surface area contributed by atoms with Gasteiger partial charge < -0.3 is 14.5 Å². The number of halogens is 3. The molecule has 0 radical (unpaired) electrons. The Hall–Kier alpha value is -2.25. The van der Waals surface area contributed by atoms with Crippen LogP contribution in [0.1, 0.15) is 50.2 Å². The monoisotopic (exact) mass is 400 g/mol. The molecule has 0 unspecified atom stereocenters. The fourth-order valence-corrected chi connectivity index (χ4v) is 3.03. The summed E-state index contributed by atoms with van der Waals surface area (Å²) in [5.41, 5.74) is -0.250. The summed E-state index contributed by atoms with van der Waals surface area (Å²) in [6.07, 6.45) is -0.163. The third kappa shape index (κ3) is 6.73. The van der Waals surface area contributed by atoms with E-state index >= 15 is 0 Å². The molecule has 5 nitrogen and oxygen atoms in total. The number of amides is 2. The highest BCUT2D eigenvalue weighted by molar-refractivity contribution is 5.76. The predicted octanol–water partition coefficient (Wildman–Crippen LogP) is 4.46. The van der Waals surface area contributed by atoms with Gasteiger partial charge >= 0.3 is 12.3 Å². The minimum atomic E-state index is -4.39. The molecule has 2 rings (SSSR count). The van der Waals surface area contributed by atoms with Gasteiger partial charge in [-0.05, 0) is 24.1 Å². The Bertz CT molecular complexity index is 639. The molecule has 1 saturated heterocycles. The van der Waals surface area contributed by atoms with Crippen LogP contribution in [-0.4, -0.2) is 48.0 Å². The molecule has 28 heavy (non-hydrogen) atoms. The van der Waals surface area contributed by atoms with Crippen LogP contribution in [0.5, 0.6) is 0 Å². The van der Waals surface area contributed by atoms with E-state index in [-0.39, 0.29) is 12.5 Å². The van der Waals surface area contributed by atoms with Crippen molar-refractivity contribution in [2.24, 2.45) is 0 Å². The summed E-state index contributed by atoms with van der Waals surface area (Å²) in [7, 11) is 0. The summed E-state index contributed by atoms with van der Waals surface area (Å²) < 4.78 is 42.8. The van der Waals surface area contributed by atoms with Gasteiger partial charge in [0.1, 0.15) is 6.61 Å². The third-order valence-corrected chi connectivity index (χ3v) is 4.78. The van der Waals surface area contributed by atoms with E-state index in [1.807, 2.05) is 0 Å². The Balaban J connectivity index is 1.71. The summed E-state index contributed by atoms with van der Waals surface area (Å²) in [6, 6.07) is 4.53. The highest BCUT2D eigenvalue weighted by Gasteiger charge is 2.30. The summed E-state index contributed by atoms with van der Waals surface area (Å²) in [5.74, 6) is 0.119. The van der Waals surface area contributed by atoms with Crippen LogP contribution >= 0.6 is 0 Å². The second-order valence-corrected chi connectivity index (χ2v) is 6.93. The van der Waals surface area contributed by atoms with Gasteiger partial charge in [0.15, 0.2) is 0 Å². The molecule has 1 aliphatic rings. The van der Waals surface area contributed by atoms with Gasteiger partial charge in [0, 0.05) is 32.6 Å². The normalized spacial score (nSPS) is 14.9. The number of hydrogen-bond donors (Lipinski definition) is 0. The molecule has 0 spiro atoms. The van der Waals surface area contributed by atoms with Crippen LogP contribution in [0.4, 0.5) is 18.0 Å². The van der Waals surface area contributed by atoms with Crippen LogP contribution < -0.4 is 0 Å². The molecule has 1 aromatic carbocycles. The number of hydrogen-bond acceptors (Lipinski definition) is 3. The first kappa shape index (κ1) is 22.0. The van der Waals surface area contributed by atoms with Crippen molar-refractivity contribution < 1.29 is 27.5 Å². The van der Waals surface area contributed by atoms with E-state index in [1.165, 1.54) is 17.0 Å². The highest BCUT2D eigenvalue weighted by atomic mass is 19.4. The van der Waals surface area contributed by atoms with Crippen LogP contribution in [0.2, 0.25) is 0 Å². The fraction of sp³-hybridized carbons (Fsp3) is 0.600. The molecule has 0 N–H and O–H groups in total. The van der Waals surface area contributed by atoms with Crippen LogP contribution in [0.25, 0.3) is 0 Å². The lowest BCUT2D eigenvalue weighted by Crippen LogP contribution is -2.50. The molecule has 8 heteroatoms. The van der Waals surface area contributed by atoms with Crippen molar-refractivity contribution in [2.45, 2.75) is 51.8 Å². The average Bonchev–Trinajstić information content (AvgIpc) is 2.69. The minimum Gasteiger partial charge on any atom is -0.445 e. The van der Waals surface area contributed by atoms with E-state index in [1.54, 1.807) is 4.90 Å². The van der Waals surface area contributed by atoms with Crippen molar-refractivity contribution >= 4 is 12.0 Å². The largest absolute Gasteiger partial charge is 0.445 e. The van der Waals surface area contributed by atoms with Gasteiger partial charge in [0.05, 0.1) is 5.56 Å². The number of alkyl halides is 3. The Morgan fingerprint density at radius 3 is 2.14 bits per heavy atom. The summed E-state index contributed by atoms with van der Waals surface area (Å²) >= 11 is 0. The number of ether oxygens (including phenoxy) is 1. The first-order chi connectivity index (χ1) is 13.3. The lowest BCUT2D eigenvalue weighted by atomic mass is 10.1. The second kappa shape index (κ2) is 10.3. The second-order valence-electron chi connectivity index (χ2n) is 6.93. The lowest BCUT2D eigenvalue weighted by molar-refractivity contribution is -0.137. The fourth-order valence-electron chi connectivity index (χ4n) is 3.03. The number of carbonyl (C=O) groups excluding carboxylic acids is 2. The number of carbonyl (C=O) groups is 2. The Kier molecular flexibility index (Phi) is 8.14. The van der Waals surface area contributed by atoms with Crippen LogP contribution in [-0.2, 0) is 22.3 Å². The molecule has 0 bridgehead atoms. The summed E-state index contributed by atoms with van der Waals surface area (Å²) in [4.78, 5) is 27.6. The molecule has 0 aromatic heterocycles. The predicted molar refractivity (Wildman–Crippen MR) is 98.5 cm³/mol. The van der Waals surface area contributed by atoms with Crippen molar-refractivity contribution in [1.29, 1.82) is 0 Å². The Morgan fingerprint density at radius 1 is 0.964 bits per heavy atom. The first-order valence-electron chi connectivity index (χ1n) is 9.67. The first-order valence-corrected chi connectivity index (χ1v) is 9.67. The molecular formula is C20H27F3N2O3. The summed E-state index contributed by atoms with van der Waals surface area (Å²) in [6.45, 7) is 3.77. The van der Waals surface area contributed by atoms with Crippen LogP contribution in [0.3, 0.4) is 0 Å². The molecule has 156 valence electrons. The van der Waals surface area contributed by atoms with E-state index in [9.17, 15) is 22.8 Å². The van der Waals surface area contributed by atoms with Crippen LogP contribution in [0.15, 0.2) is 24.3 Å². The van der Waals surface area contributed by atoms with E-state index in [0.29, 0.717) is 38.2 Å². The van der Waals surface area contributed by atoms with E-state index in [2.05, 4.69) is 6.92 Å². The van der Waals surface area contributed by atoms with Gasteiger partial charge in [-0.1, -0.05) is 38.3 Å². The molecular weight excluding hydrogens is 373 g/mol. The molecule has 0 saturated carbocycles. The third-order valence-electron chi connectivity index (χ3n) is 4.78. The van der Waals surface area contributed by atoms with Crippen molar-refractivity contribution in [3.63, 3.8) is 0 Å². The van der Waals surface area contributed by atoms with Crippen molar-refractivity contribution in [1.82, 2.24) is 9.80 Å². The summed E-state index contributed by atoms with van der Waals surface area (Å²) in [5, 5.41) is 0. The Morgan fingerprint density at radius 2 is 1.57 bits per heavy atom. The maximum absolute atomic E-state index is 12.5. The quantitative estimate of drug-likeness (QED) is 0.635. The molecule has 1 aliphatic heterocycles. The number of nitrogens with zero attached hydrogens (tertiary/aromatic N) is 2. The van der Waals surface area contributed by atoms with Gasteiger partial charge in [-0.3, -0.25) is 4.79 Å². The highest BCUT2D eigenvalue weighted by Crippen LogP contribution is 2.29. The molecule has 0 aliphatic carbocycles. The van der Waals surface area contributed by atoms with Gasteiger partial charge in [-0.25, -0.2) is 4.79 Å². The number of benzene rings is 1. The molecule has 0 atom stereocenters. The van der Waals surface area contributed by atoms with Crippen molar-refractivity contribution in [3.8, 4) is 0 Å². The molecule has 1 aromatic rings. The smallest absolute Gasteiger partial charge is 0.416 e. The topological polar surface area (TPSA) is 49.9 Å². The van der Waals surface area contributed by atoms with Gasteiger partial charge in [0.2, 0.25) is 5.91 Å². The van der Waals surface area contributed by atoms with Gasteiger partial charge in [0.25, 0.3) is 0 Å². The molecule has 1 heterocycles. The number of unbranched alkanes of at least 4 members (excludes halogenated alkanes) is 3. The average molecular weight is 400 g/mol. The minimum absolute atomic E-state index is 0.0897. The van der Waals surface area contributed by atoms with E-state index in [0.717, 1.165) is 37.8 Å². The molecule has 2 amide bonds. The zero-order valence-corrected chi connectivity index (χ0v) is 16.1. The van der Waals surface area contributed by atoms with Crippen molar-refractivity contribution in [2.75, 3.05) is 26.2 Å². The zero-order valence-electron chi connectivity index (χ0n) is 16.1. The van der Waals surface area contributed by atoms with Gasteiger partial charge in [-0.15, -0.1) is 0 Å².